The predicted molar refractivity (Wildman–Crippen MR) is 62.5 cm³/mol. The van der Waals surface area contributed by atoms with Crippen molar-refractivity contribution in [2.45, 2.75) is 44.4 Å². The highest BCUT2D eigenvalue weighted by Crippen LogP contribution is 2.47. The molecule has 0 aliphatic carbocycles. The molecule has 0 aromatic heterocycles. The maximum absolute atomic E-state index is 5.72. The standard InChI is InChI=1S/C11H21NO2S/c1-9-5-10(2,3)6-11(7-13-8-11)15-14-12(9)4/h9H,5-8H2,1-4H3. The Kier molecular flexibility index (Phi) is 3.05. The third-order valence-corrected chi connectivity index (χ3v) is 4.37. The molecule has 88 valence electrons. The van der Waals surface area contributed by atoms with Crippen molar-refractivity contribution in [3.63, 3.8) is 0 Å². The van der Waals surface area contributed by atoms with Crippen molar-refractivity contribution >= 4 is 12.0 Å². The van der Waals surface area contributed by atoms with Crippen LogP contribution in [0.25, 0.3) is 0 Å². The highest BCUT2D eigenvalue weighted by Gasteiger charge is 2.47. The zero-order chi connectivity index (χ0) is 11.1. The van der Waals surface area contributed by atoms with Crippen molar-refractivity contribution in [1.82, 2.24) is 5.06 Å². The first-order valence-electron chi connectivity index (χ1n) is 5.59. The van der Waals surface area contributed by atoms with Gasteiger partial charge in [0, 0.05) is 25.1 Å². The molecule has 1 atom stereocenters. The third kappa shape index (κ3) is 2.49. The number of rotatable bonds is 0. The summed E-state index contributed by atoms with van der Waals surface area (Å²) in [6, 6.07) is 0.478. The molecule has 0 radical (unpaired) electrons. The summed E-state index contributed by atoms with van der Waals surface area (Å²) in [5.74, 6) is 0. The summed E-state index contributed by atoms with van der Waals surface area (Å²) in [4.78, 5) is 0. The van der Waals surface area contributed by atoms with E-state index in [2.05, 4.69) is 20.8 Å². The lowest BCUT2D eigenvalue weighted by Gasteiger charge is -2.48. The minimum absolute atomic E-state index is 0.206. The summed E-state index contributed by atoms with van der Waals surface area (Å²) in [6.45, 7) is 8.59. The molecule has 0 aromatic rings. The van der Waals surface area contributed by atoms with Crippen LogP contribution < -0.4 is 0 Å². The van der Waals surface area contributed by atoms with Crippen LogP contribution in [0.15, 0.2) is 0 Å². The number of hydrogen-bond acceptors (Lipinski definition) is 4. The van der Waals surface area contributed by atoms with E-state index in [9.17, 15) is 0 Å². The molecule has 2 fully saturated rings. The summed E-state index contributed by atoms with van der Waals surface area (Å²) in [5, 5.41) is 1.98. The number of hydroxylamine groups is 2. The number of hydrogen-bond donors (Lipinski definition) is 0. The fraction of sp³-hybridized carbons (Fsp3) is 1.00. The lowest BCUT2D eigenvalue weighted by Crippen LogP contribution is -2.52. The maximum Gasteiger partial charge on any atom is 0.0912 e. The van der Waals surface area contributed by atoms with Gasteiger partial charge in [-0.3, -0.25) is 0 Å². The van der Waals surface area contributed by atoms with Crippen LogP contribution in [-0.4, -0.2) is 36.1 Å². The van der Waals surface area contributed by atoms with Gasteiger partial charge in [0.15, 0.2) is 0 Å². The van der Waals surface area contributed by atoms with E-state index < -0.39 is 0 Å². The average molecular weight is 231 g/mol. The Morgan fingerprint density at radius 3 is 2.53 bits per heavy atom. The molecule has 0 saturated carbocycles. The molecule has 2 saturated heterocycles. The van der Waals surface area contributed by atoms with E-state index >= 15 is 0 Å². The van der Waals surface area contributed by atoms with Crippen LogP contribution in [0.4, 0.5) is 0 Å². The van der Waals surface area contributed by atoms with E-state index in [1.54, 1.807) is 12.0 Å². The molecular weight excluding hydrogens is 210 g/mol. The van der Waals surface area contributed by atoms with Gasteiger partial charge in [-0.15, -0.1) is 0 Å². The summed E-state index contributed by atoms with van der Waals surface area (Å²) in [7, 11) is 2.02. The third-order valence-electron chi connectivity index (χ3n) is 3.33. The van der Waals surface area contributed by atoms with Crippen molar-refractivity contribution in [2.75, 3.05) is 20.3 Å². The van der Waals surface area contributed by atoms with Gasteiger partial charge in [0.1, 0.15) is 0 Å². The molecule has 0 amide bonds. The zero-order valence-electron chi connectivity index (χ0n) is 10.1. The Morgan fingerprint density at radius 2 is 2.00 bits per heavy atom. The molecule has 3 nitrogen and oxygen atoms in total. The second-order valence-electron chi connectivity index (χ2n) is 5.77. The van der Waals surface area contributed by atoms with E-state index in [1.165, 1.54) is 12.8 Å². The minimum Gasteiger partial charge on any atom is -0.378 e. The van der Waals surface area contributed by atoms with Crippen molar-refractivity contribution < 1.29 is 9.02 Å². The van der Waals surface area contributed by atoms with E-state index in [0.29, 0.717) is 11.5 Å². The molecule has 4 heteroatoms. The van der Waals surface area contributed by atoms with E-state index in [0.717, 1.165) is 13.2 Å². The quantitative estimate of drug-likeness (QED) is 0.597. The molecule has 0 N–H and O–H groups in total. The number of ether oxygens (including phenoxy) is 1. The molecule has 1 spiro atoms. The lowest BCUT2D eigenvalue weighted by molar-refractivity contribution is -0.0933. The highest BCUT2D eigenvalue weighted by atomic mass is 32.2. The van der Waals surface area contributed by atoms with Gasteiger partial charge in [-0.25, -0.2) is 4.28 Å². The Bertz CT molecular complexity index is 241. The molecule has 0 aromatic carbocycles. The van der Waals surface area contributed by atoms with Crippen molar-refractivity contribution in [1.29, 1.82) is 0 Å². The molecule has 15 heavy (non-hydrogen) atoms. The second-order valence-corrected chi connectivity index (χ2v) is 6.96. The topological polar surface area (TPSA) is 21.7 Å². The van der Waals surface area contributed by atoms with Gasteiger partial charge >= 0.3 is 0 Å². The monoisotopic (exact) mass is 231 g/mol. The normalized spacial score (nSPS) is 35.6. The first-order valence-corrected chi connectivity index (χ1v) is 6.33. The van der Waals surface area contributed by atoms with Gasteiger partial charge in [-0.05, 0) is 25.2 Å². The van der Waals surface area contributed by atoms with Crippen LogP contribution >= 0.6 is 12.0 Å². The molecule has 1 unspecified atom stereocenters. The van der Waals surface area contributed by atoms with Gasteiger partial charge < -0.3 is 4.74 Å². The van der Waals surface area contributed by atoms with Crippen molar-refractivity contribution in [3.05, 3.63) is 0 Å². The molecular formula is C11H21NO2S. The van der Waals surface area contributed by atoms with Crippen molar-refractivity contribution in [2.24, 2.45) is 5.41 Å². The Hall–Kier alpha value is 0.230. The van der Waals surface area contributed by atoms with E-state index in [-0.39, 0.29) is 4.75 Å². The number of nitrogens with zero attached hydrogens (tertiary/aromatic N) is 1. The van der Waals surface area contributed by atoms with Gasteiger partial charge in [-0.1, -0.05) is 13.8 Å². The zero-order valence-corrected chi connectivity index (χ0v) is 10.9. The fourth-order valence-corrected chi connectivity index (χ4v) is 3.73. The summed E-state index contributed by atoms with van der Waals surface area (Å²) in [5.41, 5.74) is 0.369. The second kappa shape index (κ2) is 3.91. The molecule has 2 aliphatic heterocycles. The van der Waals surface area contributed by atoms with Gasteiger partial charge in [0.25, 0.3) is 0 Å². The van der Waals surface area contributed by atoms with E-state index in [4.69, 9.17) is 9.02 Å². The van der Waals surface area contributed by atoms with Crippen LogP contribution in [0, 0.1) is 5.41 Å². The summed E-state index contributed by atoms with van der Waals surface area (Å²) in [6.07, 6.45) is 2.36. The minimum atomic E-state index is 0.206. The summed E-state index contributed by atoms with van der Waals surface area (Å²) >= 11 is 1.60. The van der Waals surface area contributed by atoms with Crippen LogP contribution in [-0.2, 0) is 9.02 Å². The van der Waals surface area contributed by atoms with Crippen LogP contribution in [0.3, 0.4) is 0 Å². The molecule has 0 bridgehead atoms. The van der Waals surface area contributed by atoms with Crippen LogP contribution in [0.5, 0.6) is 0 Å². The fourth-order valence-electron chi connectivity index (χ4n) is 2.59. The maximum atomic E-state index is 5.72. The first-order chi connectivity index (χ1) is 6.93. The lowest BCUT2D eigenvalue weighted by atomic mass is 9.77. The Labute approximate surface area is 96.7 Å². The predicted octanol–water partition coefficient (Wildman–Crippen LogP) is 2.48. The molecule has 2 heterocycles. The molecule has 2 aliphatic rings. The SMILES string of the molecule is CC1CC(C)(C)CC2(COC2)SON1C. The smallest absolute Gasteiger partial charge is 0.0912 e. The van der Waals surface area contributed by atoms with Gasteiger partial charge in [0.05, 0.1) is 18.0 Å². The van der Waals surface area contributed by atoms with Gasteiger partial charge in [0.2, 0.25) is 0 Å². The van der Waals surface area contributed by atoms with Crippen LogP contribution in [0.2, 0.25) is 0 Å². The van der Waals surface area contributed by atoms with Gasteiger partial charge in [-0.2, -0.15) is 5.06 Å². The Morgan fingerprint density at radius 1 is 1.33 bits per heavy atom. The average Bonchev–Trinajstić information content (AvgIpc) is 2.06. The first kappa shape index (κ1) is 11.7. The molecule has 2 rings (SSSR count). The van der Waals surface area contributed by atoms with Crippen LogP contribution in [0.1, 0.15) is 33.6 Å². The largest absolute Gasteiger partial charge is 0.378 e. The van der Waals surface area contributed by atoms with E-state index in [1.807, 2.05) is 12.1 Å². The van der Waals surface area contributed by atoms with Crippen molar-refractivity contribution in [3.8, 4) is 0 Å². The highest BCUT2D eigenvalue weighted by molar-refractivity contribution is 7.96. The Balaban J connectivity index is 2.09. The summed E-state index contributed by atoms with van der Waals surface area (Å²) < 4.78 is 11.3.